The average molecular weight is 553 g/mol. The van der Waals surface area contributed by atoms with Crippen LogP contribution in [0.2, 0.25) is 0 Å². The van der Waals surface area contributed by atoms with Gasteiger partial charge in [-0.25, -0.2) is 4.79 Å². The van der Waals surface area contributed by atoms with Crippen molar-refractivity contribution in [3.05, 3.63) is 71.3 Å². The van der Waals surface area contributed by atoms with Gasteiger partial charge in [0.25, 0.3) is 0 Å². The summed E-state index contributed by atoms with van der Waals surface area (Å²) in [5.41, 5.74) is 6.40. The lowest BCUT2D eigenvalue weighted by molar-refractivity contribution is -0.150. The molecule has 0 spiro atoms. The molecule has 0 aliphatic rings. The second-order valence-corrected chi connectivity index (χ2v) is 11.4. The minimum atomic E-state index is -1.34. The van der Waals surface area contributed by atoms with E-state index in [0.29, 0.717) is 12.0 Å². The summed E-state index contributed by atoms with van der Waals surface area (Å²) in [4.78, 5) is 54.3. The summed E-state index contributed by atoms with van der Waals surface area (Å²) >= 11 is 0. The third-order valence-electron chi connectivity index (χ3n) is 6.67. The Morgan fingerprint density at radius 1 is 0.900 bits per heavy atom. The minimum Gasteiger partial charge on any atom is -0.444 e. The first-order valence-electron chi connectivity index (χ1n) is 13.7. The predicted octanol–water partition coefficient (Wildman–Crippen LogP) is 4.39. The highest BCUT2D eigenvalue weighted by atomic mass is 16.6. The molecule has 0 radical (unpaired) electrons. The molecule has 2 unspecified atom stereocenters. The Bertz CT molecular complexity index is 1160. The number of carbonyl (C=O) groups excluding carboxylic acids is 4. The third-order valence-corrected chi connectivity index (χ3v) is 6.67. The van der Waals surface area contributed by atoms with Gasteiger partial charge in [0.05, 0.1) is 6.42 Å². The molecule has 0 aliphatic heterocycles. The summed E-state index contributed by atoms with van der Waals surface area (Å²) in [7, 11) is 0. The number of aryl methyl sites for hydroxylation is 1. The van der Waals surface area contributed by atoms with E-state index in [0.717, 1.165) is 17.5 Å². The van der Waals surface area contributed by atoms with Crippen LogP contribution in [0.15, 0.2) is 54.6 Å². The molecular weight excluding hydrogens is 508 g/mol. The number of nitrogens with zero attached hydrogens (tertiary/aromatic N) is 1. The van der Waals surface area contributed by atoms with Crippen LogP contribution in [0.5, 0.6) is 0 Å². The number of nitrogens with one attached hydrogen (secondary N) is 2. The summed E-state index contributed by atoms with van der Waals surface area (Å²) < 4.78 is 5.35. The monoisotopic (exact) mass is 552 g/mol. The summed E-state index contributed by atoms with van der Waals surface area (Å²) in [5.74, 6) is -1.78. The molecule has 0 saturated heterocycles. The van der Waals surface area contributed by atoms with Crippen LogP contribution >= 0.6 is 0 Å². The Morgan fingerprint density at radius 2 is 1.50 bits per heavy atom. The van der Waals surface area contributed by atoms with Crippen LogP contribution in [0, 0.1) is 0 Å². The molecule has 2 atom stereocenters. The Balaban J connectivity index is 2.58. The van der Waals surface area contributed by atoms with Crippen LogP contribution in [0.4, 0.5) is 4.79 Å². The molecule has 9 heteroatoms. The molecule has 0 heterocycles. The van der Waals surface area contributed by atoms with Crippen molar-refractivity contribution in [3.63, 3.8) is 0 Å². The molecular formula is C31H44N4O5. The van der Waals surface area contributed by atoms with Gasteiger partial charge >= 0.3 is 6.09 Å². The van der Waals surface area contributed by atoms with Gasteiger partial charge < -0.3 is 26.0 Å². The van der Waals surface area contributed by atoms with E-state index in [9.17, 15) is 19.2 Å². The van der Waals surface area contributed by atoms with Crippen molar-refractivity contribution in [1.29, 1.82) is 0 Å². The Labute approximate surface area is 237 Å². The van der Waals surface area contributed by atoms with E-state index in [4.69, 9.17) is 10.5 Å². The van der Waals surface area contributed by atoms with E-state index in [2.05, 4.69) is 10.6 Å². The van der Waals surface area contributed by atoms with Gasteiger partial charge in [0.1, 0.15) is 17.7 Å². The van der Waals surface area contributed by atoms with Gasteiger partial charge in [-0.3, -0.25) is 14.4 Å². The molecule has 0 saturated carbocycles. The van der Waals surface area contributed by atoms with Crippen molar-refractivity contribution in [2.75, 3.05) is 0 Å². The third kappa shape index (κ3) is 9.39. The van der Waals surface area contributed by atoms with E-state index in [1.165, 1.54) is 4.90 Å². The molecule has 0 fully saturated rings. The Hall–Kier alpha value is -3.88. The van der Waals surface area contributed by atoms with Crippen molar-refractivity contribution in [2.45, 2.75) is 97.5 Å². The number of hydrogen-bond donors (Lipinski definition) is 3. The summed E-state index contributed by atoms with van der Waals surface area (Å²) in [6, 6.07) is 14.6. The van der Waals surface area contributed by atoms with E-state index in [-0.39, 0.29) is 6.54 Å². The second-order valence-electron chi connectivity index (χ2n) is 11.4. The van der Waals surface area contributed by atoms with Crippen LogP contribution in [-0.4, -0.2) is 45.9 Å². The van der Waals surface area contributed by atoms with Gasteiger partial charge in [-0.2, -0.15) is 0 Å². The van der Waals surface area contributed by atoms with Gasteiger partial charge in [0.15, 0.2) is 0 Å². The van der Waals surface area contributed by atoms with E-state index in [1.807, 2.05) is 82.3 Å². The molecule has 2 rings (SSSR count). The highest BCUT2D eigenvalue weighted by Gasteiger charge is 2.43. The number of ether oxygens (including phenoxy) is 1. The highest BCUT2D eigenvalue weighted by Crippen LogP contribution is 2.33. The molecule has 2 aromatic rings. The zero-order valence-electron chi connectivity index (χ0n) is 24.7. The van der Waals surface area contributed by atoms with Crippen LogP contribution in [-0.2, 0) is 32.1 Å². The maximum absolute atomic E-state index is 14.3. The second kappa shape index (κ2) is 14.0. The first-order chi connectivity index (χ1) is 18.7. The van der Waals surface area contributed by atoms with Crippen LogP contribution in [0.3, 0.4) is 0 Å². The molecule has 0 bridgehead atoms. The van der Waals surface area contributed by atoms with Crippen LogP contribution in [0.1, 0.15) is 84.0 Å². The normalized spacial score (nSPS) is 13.1. The van der Waals surface area contributed by atoms with Gasteiger partial charge in [0.2, 0.25) is 17.7 Å². The quantitative estimate of drug-likeness (QED) is 0.359. The maximum atomic E-state index is 14.3. The first-order valence-corrected chi connectivity index (χ1v) is 13.7. The van der Waals surface area contributed by atoms with E-state index >= 15 is 0 Å². The molecule has 4 N–H and O–H groups in total. The molecule has 218 valence electrons. The van der Waals surface area contributed by atoms with Gasteiger partial charge in [-0.15, -0.1) is 0 Å². The molecule has 0 aliphatic carbocycles. The fourth-order valence-electron chi connectivity index (χ4n) is 4.20. The lowest BCUT2D eigenvalue weighted by Crippen LogP contribution is -2.59. The first kappa shape index (κ1) is 32.3. The average Bonchev–Trinajstić information content (AvgIpc) is 2.88. The van der Waals surface area contributed by atoms with Crippen molar-refractivity contribution >= 4 is 23.8 Å². The lowest BCUT2D eigenvalue weighted by atomic mass is 9.91. The number of carbonyl (C=O) groups is 4. The Kier molecular flexibility index (Phi) is 11.3. The van der Waals surface area contributed by atoms with Crippen molar-refractivity contribution in [1.82, 2.24) is 15.5 Å². The van der Waals surface area contributed by atoms with Gasteiger partial charge in [0, 0.05) is 12.1 Å². The minimum absolute atomic E-state index is 0.263. The number of hydrogen-bond acceptors (Lipinski definition) is 5. The smallest absolute Gasteiger partial charge is 0.408 e. The summed E-state index contributed by atoms with van der Waals surface area (Å²) in [5, 5.41) is 5.49. The van der Waals surface area contributed by atoms with E-state index < -0.39 is 53.5 Å². The standard InChI is InChI=1S/C31H44N4O5/c1-8-21-15-17-23(18-16-21)26(27(37)33-20-22-13-11-10-12-14-22)35(31(6,7)9-2)28(38)24(19-25(32)36)34-29(39)40-30(3,4)5/h10-18,24,26H,8-9,19-20H2,1-7H3,(H2,32,36)(H,33,37)(H,34,39). The van der Waals surface area contributed by atoms with Gasteiger partial charge in [-0.05, 0) is 64.2 Å². The van der Waals surface area contributed by atoms with Crippen molar-refractivity contribution in [2.24, 2.45) is 5.73 Å². The lowest BCUT2D eigenvalue weighted by Gasteiger charge is -2.44. The van der Waals surface area contributed by atoms with Crippen molar-refractivity contribution in [3.8, 4) is 0 Å². The van der Waals surface area contributed by atoms with E-state index in [1.54, 1.807) is 20.8 Å². The number of amides is 4. The number of nitrogens with two attached hydrogens (primary N) is 1. The largest absolute Gasteiger partial charge is 0.444 e. The predicted molar refractivity (Wildman–Crippen MR) is 155 cm³/mol. The number of rotatable bonds is 12. The fraction of sp³-hybridized carbons (Fsp3) is 0.484. The van der Waals surface area contributed by atoms with Crippen molar-refractivity contribution < 1.29 is 23.9 Å². The maximum Gasteiger partial charge on any atom is 0.408 e. The van der Waals surface area contributed by atoms with Gasteiger partial charge in [-0.1, -0.05) is 68.4 Å². The Morgan fingerprint density at radius 3 is 2.00 bits per heavy atom. The fourth-order valence-corrected chi connectivity index (χ4v) is 4.20. The SMILES string of the molecule is CCc1ccc(C(C(=O)NCc2ccccc2)N(C(=O)C(CC(N)=O)NC(=O)OC(C)(C)C)C(C)(C)CC)cc1. The molecule has 2 aromatic carbocycles. The molecule has 0 aromatic heterocycles. The molecule has 9 nitrogen and oxygen atoms in total. The zero-order valence-corrected chi connectivity index (χ0v) is 24.7. The highest BCUT2D eigenvalue weighted by molar-refractivity contribution is 5.95. The summed E-state index contributed by atoms with van der Waals surface area (Å²) in [6.45, 7) is 13.0. The zero-order chi connectivity index (χ0) is 30.1. The number of alkyl carbamates (subject to hydrolysis) is 1. The number of primary amides is 1. The molecule has 40 heavy (non-hydrogen) atoms. The topological polar surface area (TPSA) is 131 Å². The molecule has 4 amide bonds. The van der Waals surface area contributed by atoms with Crippen LogP contribution < -0.4 is 16.4 Å². The summed E-state index contributed by atoms with van der Waals surface area (Å²) in [6.07, 6.45) is -0.0148. The number of benzene rings is 2. The van der Waals surface area contributed by atoms with Crippen LogP contribution in [0.25, 0.3) is 0 Å².